The van der Waals surface area contributed by atoms with E-state index < -0.39 is 0 Å². The van der Waals surface area contributed by atoms with E-state index in [1.54, 1.807) is 0 Å². The van der Waals surface area contributed by atoms with Crippen molar-refractivity contribution in [1.29, 1.82) is 0 Å². The fraction of sp³-hybridized carbons (Fsp3) is 0.333. The Morgan fingerprint density at radius 1 is 1.00 bits per heavy atom. The van der Waals surface area contributed by atoms with Crippen LogP contribution in [0.2, 0.25) is 0 Å². The van der Waals surface area contributed by atoms with E-state index in [0.29, 0.717) is 6.85 Å². The largest absolute Gasteiger partial charge is 0.333 e. The van der Waals surface area contributed by atoms with Crippen molar-refractivity contribution in [3.8, 4) is 0 Å². The molecule has 0 aliphatic rings. The minimum atomic E-state index is 0.454. The van der Waals surface area contributed by atoms with Gasteiger partial charge in [-0.25, -0.2) is 0 Å². The number of nitrogens with zero attached hydrogens (tertiary/aromatic N) is 1. The van der Waals surface area contributed by atoms with Crippen LogP contribution in [-0.4, -0.2) is 24.7 Å². The van der Waals surface area contributed by atoms with Crippen molar-refractivity contribution in [2.24, 2.45) is 0 Å². The lowest BCUT2D eigenvalue weighted by Gasteiger charge is -2.25. The molecule has 0 aliphatic carbocycles. The van der Waals surface area contributed by atoms with Gasteiger partial charge in [-0.1, -0.05) is 38.1 Å². The topological polar surface area (TPSA) is 3.24 Å². The summed E-state index contributed by atoms with van der Waals surface area (Å²) in [5.41, 5.74) is 0. The summed E-state index contributed by atoms with van der Waals surface area (Å²) in [5, 5.41) is 4.33. The lowest BCUT2D eigenvalue weighted by atomic mass is 9.57. The summed E-state index contributed by atoms with van der Waals surface area (Å²) in [7, 11) is 0. The van der Waals surface area contributed by atoms with Gasteiger partial charge in [0.25, 0.3) is 0 Å². The monoisotopic (exact) mass is 249 g/mol. The molecule has 2 aromatic heterocycles. The van der Waals surface area contributed by atoms with Gasteiger partial charge in [-0.2, -0.15) is 22.7 Å². The second kappa shape index (κ2) is 5.66. The Morgan fingerprint density at radius 3 is 1.81 bits per heavy atom. The minimum Gasteiger partial charge on any atom is -0.333 e. The third kappa shape index (κ3) is 2.39. The first-order valence-corrected chi connectivity index (χ1v) is 7.43. The van der Waals surface area contributed by atoms with Gasteiger partial charge >= 0.3 is 6.85 Å². The fourth-order valence-corrected chi connectivity index (χ4v) is 3.81. The maximum Gasteiger partial charge on any atom is 0.313 e. The molecule has 0 saturated carbocycles. The molecule has 0 bridgehead atoms. The molecule has 0 aromatic carbocycles. The first-order valence-electron chi connectivity index (χ1n) is 5.67. The first kappa shape index (κ1) is 11.9. The molecular weight excluding hydrogens is 233 g/mol. The van der Waals surface area contributed by atoms with Crippen LogP contribution in [0.3, 0.4) is 0 Å². The van der Waals surface area contributed by atoms with Crippen LogP contribution in [0.25, 0.3) is 0 Å². The van der Waals surface area contributed by atoms with Gasteiger partial charge in [0.2, 0.25) is 0 Å². The second-order valence-electron chi connectivity index (χ2n) is 3.65. The van der Waals surface area contributed by atoms with Crippen molar-refractivity contribution < 1.29 is 0 Å². The molecule has 0 aliphatic heterocycles. The second-order valence-corrected chi connectivity index (χ2v) is 5.61. The number of hydrogen-bond acceptors (Lipinski definition) is 3. The predicted molar refractivity (Wildman–Crippen MR) is 76.6 cm³/mol. The third-order valence-electron chi connectivity index (χ3n) is 2.80. The summed E-state index contributed by atoms with van der Waals surface area (Å²) < 4.78 is 2.90. The van der Waals surface area contributed by atoms with Crippen LogP contribution in [0.15, 0.2) is 35.0 Å². The van der Waals surface area contributed by atoms with Crippen LogP contribution in [0.4, 0.5) is 0 Å². The van der Waals surface area contributed by atoms with Gasteiger partial charge in [0, 0.05) is 0 Å². The quantitative estimate of drug-likeness (QED) is 0.735. The first-order chi connectivity index (χ1) is 7.86. The van der Waals surface area contributed by atoms with Gasteiger partial charge < -0.3 is 4.81 Å². The molecule has 0 fully saturated rings. The Hall–Kier alpha value is -0.575. The van der Waals surface area contributed by atoms with Crippen LogP contribution in [0.5, 0.6) is 0 Å². The van der Waals surface area contributed by atoms with Crippen molar-refractivity contribution in [3.63, 3.8) is 0 Å². The highest BCUT2D eigenvalue weighted by Gasteiger charge is 2.27. The van der Waals surface area contributed by atoms with Gasteiger partial charge in [0.15, 0.2) is 0 Å². The average molecular weight is 249 g/mol. The summed E-state index contributed by atoms with van der Waals surface area (Å²) >= 11 is 3.71. The van der Waals surface area contributed by atoms with E-state index in [-0.39, 0.29) is 0 Å². The zero-order valence-electron chi connectivity index (χ0n) is 9.72. The molecule has 16 heavy (non-hydrogen) atoms. The van der Waals surface area contributed by atoms with E-state index in [1.807, 2.05) is 22.7 Å². The van der Waals surface area contributed by atoms with Crippen LogP contribution < -0.4 is 9.55 Å². The van der Waals surface area contributed by atoms with E-state index in [2.05, 4.69) is 53.7 Å². The van der Waals surface area contributed by atoms with Gasteiger partial charge in [0.05, 0.1) is 0 Å². The maximum absolute atomic E-state index is 2.51. The van der Waals surface area contributed by atoms with E-state index in [0.717, 1.165) is 13.1 Å². The van der Waals surface area contributed by atoms with Crippen LogP contribution in [0.1, 0.15) is 13.8 Å². The average Bonchev–Trinajstić information content (AvgIpc) is 2.98. The summed E-state index contributed by atoms with van der Waals surface area (Å²) in [6, 6.07) is 8.77. The zero-order chi connectivity index (χ0) is 11.4. The summed E-state index contributed by atoms with van der Waals surface area (Å²) in [6.45, 7) is 7.11. The van der Waals surface area contributed by atoms with Gasteiger partial charge in [-0.3, -0.25) is 0 Å². The summed E-state index contributed by atoms with van der Waals surface area (Å²) in [6.07, 6.45) is 0. The summed E-state index contributed by atoms with van der Waals surface area (Å²) in [4.78, 5) is 2.51. The van der Waals surface area contributed by atoms with Gasteiger partial charge in [-0.05, 0) is 33.4 Å². The highest BCUT2D eigenvalue weighted by atomic mass is 32.1. The molecule has 0 spiro atoms. The van der Waals surface area contributed by atoms with Crippen molar-refractivity contribution >= 4 is 39.1 Å². The Bertz CT molecular complexity index is 358. The third-order valence-corrected chi connectivity index (χ3v) is 4.65. The van der Waals surface area contributed by atoms with Crippen LogP contribution in [-0.2, 0) is 0 Å². The van der Waals surface area contributed by atoms with E-state index in [4.69, 9.17) is 0 Å². The van der Waals surface area contributed by atoms with Crippen LogP contribution >= 0.6 is 22.7 Å². The molecule has 4 heteroatoms. The minimum absolute atomic E-state index is 0.454. The maximum atomic E-state index is 2.51. The summed E-state index contributed by atoms with van der Waals surface area (Å²) in [5.74, 6) is 0. The molecule has 1 nitrogen and oxygen atoms in total. The van der Waals surface area contributed by atoms with Crippen molar-refractivity contribution in [1.82, 2.24) is 4.81 Å². The van der Waals surface area contributed by atoms with Crippen molar-refractivity contribution in [3.05, 3.63) is 35.0 Å². The van der Waals surface area contributed by atoms with E-state index in [1.165, 1.54) is 9.55 Å². The molecule has 2 aromatic rings. The SMILES string of the molecule is CCN(CC)B(c1cccs1)c1cccs1. The molecule has 0 N–H and O–H groups in total. The molecule has 0 saturated heterocycles. The lowest BCUT2D eigenvalue weighted by molar-refractivity contribution is 0.491. The van der Waals surface area contributed by atoms with E-state index in [9.17, 15) is 0 Å². The van der Waals surface area contributed by atoms with Crippen LogP contribution in [0, 0.1) is 0 Å². The normalized spacial score (nSPS) is 10.9. The van der Waals surface area contributed by atoms with E-state index >= 15 is 0 Å². The Morgan fingerprint density at radius 2 is 1.50 bits per heavy atom. The molecule has 0 radical (unpaired) electrons. The highest BCUT2D eigenvalue weighted by Crippen LogP contribution is 2.06. The number of hydrogen-bond donors (Lipinski definition) is 0. The molecule has 0 unspecified atom stereocenters. The highest BCUT2D eigenvalue weighted by molar-refractivity contribution is 7.30. The predicted octanol–water partition coefficient (Wildman–Crippen LogP) is 2.26. The molecule has 0 amide bonds. The molecule has 2 heterocycles. The Kier molecular flexibility index (Phi) is 4.21. The number of rotatable bonds is 5. The number of thiophene rings is 2. The molecule has 0 atom stereocenters. The van der Waals surface area contributed by atoms with Gasteiger partial charge in [-0.15, -0.1) is 0 Å². The lowest BCUT2D eigenvalue weighted by Crippen LogP contribution is -2.54. The van der Waals surface area contributed by atoms with Crippen molar-refractivity contribution in [2.75, 3.05) is 13.1 Å². The van der Waals surface area contributed by atoms with Gasteiger partial charge in [0.1, 0.15) is 0 Å². The Labute approximate surface area is 106 Å². The van der Waals surface area contributed by atoms with Crippen molar-refractivity contribution in [2.45, 2.75) is 13.8 Å². The zero-order valence-corrected chi connectivity index (χ0v) is 11.4. The standard InChI is InChI=1S/C12H16BNS2/c1-3-14(4-2)13(11-7-5-9-15-11)12-8-6-10-16-12/h5-10H,3-4H2,1-2H3. The fourth-order valence-electron chi connectivity index (χ4n) is 1.98. The molecular formula is C12H16BNS2. The smallest absolute Gasteiger partial charge is 0.313 e. The Balaban J connectivity index is 2.34. The molecule has 84 valence electrons. The molecule has 2 rings (SSSR count).